The second-order valence-corrected chi connectivity index (χ2v) is 6.53. The lowest BCUT2D eigenvalue weighted by Crippen LogP contribution is -2.33. The van der Waals surface area contributed by atoms with Crippen LogP contribution in [0.5, 0.6) is 0 Å². The summed E-state index contributed by atoms with van der Waals surface area (Å²) < 4.78 is 5.10. The van der Waals surface area contributed by atoms with Gasteiger partial charge in [-0.1, -0.05) is 48.5 Å². The van der Waals surface area contributed by atoms with E-state index in [1.807, 2.05) is 66.5 Å². The fourth-order valence-corrected chi connectivity index (χ4v) is 3.24. The zero-order valence-corrected chi connectivity index (χ0v) is 16.2. The molecule has 1 aromatic heterocycles. The molecule has 28 heavy (non-hydrogen) atoms. The Balaban J connectivity index is 2.23. The predicted octanol–water partition coefficient (Wildman–Crippen LogP) is 2.87. The summed E-state index contributed by atoms with van der Waals surface area (Å²) in [4.78, 5) is 31.0. The van der Waals surface area contributed by atoms with Gasteiger partial charge in [0.15, 0.2) is 0 Å². The fraction of sp³-hybridized carbons (Fsp3) is 0.227. The van der Waals surface area contributed by atoms with Crippen molar-refractivity contribution in [2.75, 3.05) is 27.7 Å². The van der Waals surface area contributed by atoms with Crippen molar-refractivity contribution in [1.82, 2.24) is 15.2 Å². The number of fused-ring (bicyclic) bond motifs is 1. The van der Waals surface area contributed by atoms with Gasteiger partial charge in [0.05, 0.1) is 30.4 Å². The van der Waals surface area contributed by atoms with Gasteiger partial charge in [0.1, 0.15) is 0 Å². The zero-order chi connectivity index (χ0) is 20.1. The van der Waals surface area contributed by atoms with Crippen LogP contribution in [0.2, 0.25) is 0 Å². The lowest BCUT2D eigenvalue weighted by molar-refractivity contribution is -0.121. The molecule has 3 aromatic rings. The van der Waals surface area contributed by atoms with Gasteiger partial charge in [-0.15, -0.1) is 0 Å². The van der Waals surface area contributed by atoms with E-state index in [1.54, 1.807) is 7.05 Å². The molecule has 3 rings (SSSR count). The van der Waals surface area contributed by atoms with E-state index in [4.69, 9.17) is 9.72 Å². The van der Waals surface area contributed by atoms with Gasteiger partial charge in [-0.3, -0.25) is 14.7 Å². The molecule has 1 N–H and O–H groups in total. The SMILES string of the molecule is CNC(=O)CN(C)Cc1nc2ccccc2c(-c2ccccc2)c1C(=O)OC. The standard InChI is InChI=1S/C22H23N3O3/c1-23-19(26)14-25(2)13-18-21(22(27)28-3)20(15-9-5-4-6-10-15)16-11-7-8-12-17(16)24-18/h4-12H,13-14H2,1-3H3,(H,23,26). The molecule has 2 aromatic carbocycles. The monoisotopic (exact) mass is 377 g/mol. The molecule has 0 aliphatic heterocycles. The average molecular weight is 377 g/mol. The zero-order valence-electron chi connectivity index (χ0n) is 16.2. The third kappa shape index (κ3) is 4.02. The summed E-state index contributed by atoms with van der Waals surface area (Å²) in [6.45, 7) is 0.537. The maximum atomic E-state index is 12.8. The van der Waals surface area contributed by atoms with E-state index in [1.165, 1.54) is 7.11 Å². The quantitative estimate of drug-likeness (QED) is 0.669. The number of carbonyl (C=O) groups is 2. The van der Waals surface area contributed by atoms with Crippen LogP contribution in [0, 0.1) is 0 Å². The summed E-state index contributed by atoms with van der Waals surface area (Å²) in [5, 5.41) is 3.49. The number of aromatic nitrogens is 1. The molecule has 6 heteroatoms. The number of pyridine rings is 1. The van der Waals surface area contributed by atoms with Gasteiger partial charge in [0.25, 0.3) is 0 Å². The molecule has 0 unspecified atom stereocenters. The van der Waals surface area contributed by atoms with Crippen molar-refractivity contribution in [3.63, 3.8) is 0 Å². The molecular weight excluding hydrogens is 354 g/mol. The first-order valence-corrected chi connectivity index (χ1v) is 8.99. The Morgan fingerprint density at radius 3 is 2.43 bits per heavy atom. The number of nitrogens with one attached hydrogen (secondary N) is 1. The number of hydrogen-bond acceptors (Lipinski definition) is 5. The van der Waals surface area contributed by atoms with Crippen LogP contribution in [0.4, 0.5) is 0 Å². The molecule has 0 radical (unpaired) electrons. The first kappa shape index (κ1) is 19.5. The van der Waals surface area contributed by atoms with E-state index in [0.717, 1.165) is 22.0 Å². The van der Waals surface area contributed by atoms with Gasteiger partial charge in [-0.05, 0) is 18.7 Å². The van der Waals surface area contributed by atoms with E-state index in [-0.39, 0.29) is 12.5 Å². The Labute approximate surface area is 164 Å². The van der Waals surface area contributed by atoms with Crippen LogP contribution in [-0.2, 0) is 16.1 Å². The molecule has 0 aliphatic carbocycles. The van der Waals surface area contributed by atoms with Crippen molar-refractivity contribution in [2.24, 2.45) is 0 Å². The highest BCUT2D eigenvalue weighted by molar-refractivity contribution is 6.07. The van der Waals surface area contributed by atoms with Crippen molar-refractivity contribution >= 4 is 22.8 Å². The second-order valence-electron chi connectivity index (χ2n) is 6.53. The number of nitrogens with zero attached hydrogens (tertiary/aromatic N) is 2. The highest BCUT2D eigenvalue weighted by Crippen LogP contribution is 2.34. The van der Waals surface area contributed by atoms with Crippen molar-refractivity contribution in [3.8, 4) is 11.1 Å². The average Bonchev–Trinajstić information content (AvgIpc) is 2.72. The number of carbonyl (C=O) groups excluding carboxylic acids is 2. The molecule has 0 fully saturated rings. The van der Waals surface area contributed by atoms with Crippen molar-refractivity contribution in [3.05, 3.63) is 65.9 Å². The van der Waals surface area contributed by atoms with Crippen LogP contribution in [0.15, 0.2) is 54.6 Å². The summed E-state index contributed by atoms with van der Waals surface area (Å²) in [5.74, 6) is -0.549. The molecule has 144 valence electrons. The first-order valence-electron chi connectivity index (χ1n) is 8.99. The number of likely N-dealkylation sites (N-methyl/N-ethyl adjacent to an activating group) is 2. The molecule has 0 bridgehead atoms. The fourth-order valence-electron chi connectivity index (χ4n) is 3.24. The number of amides is 1. The van der Waals surface area contributed by atoms with Crippen LogP contribution < -0.4 is 5.32 Å². The Kier molecular flexibility index (Phi) is 6.01. The van der Waals surface area contributed by atoms with Gasteiger partial charge in [-0.2, -0.15) is 0 Å². The Morgan fingerprint density at radius 1 is 1.07 bits per heavy atom. The van der Waals surface area contributed by atoms with Gasteiger partial charge < -0.3 is 10.1 Å². The smallest absolute Gasteiger partial charge is 0.340 e. The lowest BCUT2D eigenvalue weighted by Gasteiger charge is -2.20. The minimum absolute atomic E-state index is 0.105. The number of rotatable bonds is 6. The second kappa shape index (κ2) is 8.63. The van der Waals surface area contributed by atoms with Gasteiger partial charge in [-0.25, -0.2) is 4.79 Å². The summed E-state index contributed by atoms with van der Waals surface area (Å²) >= 11 is 0. The summed E-state index contributed by atoms with van der Waals surface area (Å²) in [7, 11) is 4.78. The maximum Gasteiger partial charge on any atom is 0.340 e. The number of esters is 1. The van der Waals surface area contributed by atoms with E-state index in [9.17, 15) is 9.59 Å². The number of para-hydroxylation sites is 1. The summed E-state index contributed by atoms with van der Waals surface area (Å²) in [5.41, 5.74) is 3.50. The molecule has 1 heterocycles. The van der Waals surface area contributed by atoms with E-state index in [0.29, 0.717) is 17.8 Å². The van der Waals surface area contributed by atoms with Crippen molar-refractivity contribution in [1.29, 1.82) is 0 Å². The maximum absolute atomic E-state index is 12.8. The van der Waals surface area contributed by atoms with Crippen molar-refractivity contribution in [2.45, 2.75) is 6.54 Å². The molecule has 0 aliphatic rings. The highest BCUT2D eigenvalue weighted by atomic mass is 16.5. The Morgan fingerprint density at radius 2 is 1.75 bits per heavy atom. The Bertz CT molecular complexity index is 1000. The number of hydrogen-bond donors (Lipinski definition) is 1. The minimum atomic E-state index is -0.444. The van der Waals surface area contributed by atoms with Crippen LogP contribution in [0.1, 0.15) is 16.1 Å². The van der Waals surface area contributed by atoms with Gasteiger partial charge >= 0.3 is 5.97 Å². The lowest BCUT2D eigenvalue weighted by atomic mass is 9.94. The van der Waals surface area contributed by atoms with E-state index >= 15 is 0 Å². The number of methoxy groups -OCH3 is 1. The topological polar surface area (TPSA) is 71.5 Å². The predicted molar refractivity (Wildman–Crippen MR) is 109 cm³/mol. The number of ether oxygens (including phenoxy) is 1. The van der Waals surface area contributed by atoms with Gasteiger partial charge in [0, 0.05) is 24.5 Å². The third-order valence-corrected chi connectivity index (χ3v) is 4.53. The van der Waals surface area contributed by atoms with Crippen LogP contribution in [0.3, 0.4) is 0 Å². The third-order valence-electron chi connectivity index (χ3n) is 4.53. The van der Waals surface area contributed by atoms with E-state index in [2.05, 4.69) is 5.32 Å². The van der Waals surface area contributed by atoms with Crippen LogP contribution in [-0.4, -0.2) is 49.5 Å². The molecule has 0 saturated heterocycles. The highest BCUT2D eigenvalue weighted by Gasteiger charge is 2.23. The minimum Gasteiger partial charge on any atom is -0.465 e. The first-order chi connectivity index (χ1) is 13.5. The molecule has 0 spiro atoms. The van der Waals surface area contributed by atoms with Crippen LogP contribution in [0.25, 0.3) is 22.0 Å². The summed E-state index contributed by atoms with van der Waals surface area (Å²) in [6.07, 6.45) is 0. The van der Waals surface area contributed by atoms with Crippen molar-refractivity contribution < 1.29 is 14.3 Å². The summed E-state index contributed by atoms with van der Waals surface area (Å²) in [6, 6.07) is 17.4. The largest absolute Gasteiger partial charge is 0.465 e. The molecule has 0 atom stereocenters. The number of benzene rings is 2. The van der Waals surface area contributed by atoms with Crippen LogP contribution >= 0.6 is 0 Å². The molecule has 1 amide bonds. The molecule has 0 saturated carbocycles. The molecule has 6 nitrogen and oxygen atoms in total. The Hall–Kier alpha value is -3.25. The van der Waals surface area contributed by atoms with E-state index < -0.39 is 5.97 Å². The normalized spacial score (nSPS) is 10.9. The molecular formula is C22H23N3O3. The van der Waals surface area contributed by atoms with Gasteiger partial charge in [0.2, 0.25) is 5.91 Å².